The summed E-state index contributed by atoms with van der Waals surface area (Å²) < 4.78 is 4.03. The zero-order valence-electron chi connectivity index (χ0n) is 22.9. The average molecular weight is 549 g/mol. The number of benzene rings is 4. The standard InChI is InChI=1S/C35H28N6O/c1-25(27-16-8-3-9-17-27)39-42-23-30-37-35-32-31(28-18-10-4-11-19-28)33(29-20-12-5-13-21-29)40(22-26-14-6-2-7-15-26)34(32)36-24-41(35)38-30/h2-21,24,39H,1,22-23H2. The van der Waals surface area contributed by atoms with Gasteiger partial charge in [-0.3, -0.25) is 10.3 Å². The van der Waals surface area contributed by atoms with E-state index in [0.717, 1.165) is 44.6 Å². The first-order chi connectivity index (χ1) is 20.8. The van der Waals surface area contributed by atoms with E-state index in [2.05, 4.69) is 89.4 Å². The van der Waals surface area contributed by atoms with Gasteiger partial charge in [0.05, 0.1) is 16.8 Å². The van der Waals surface area contributed by atoms with Crippen molar-refractivity contribution in [3.63, 3.8) is 0 Å². The minimum Gasteiger partial charge on any atom is -0.320 e. The molecular formula is C35H28N6O. The molecule has 42 heavy (non-hydrogen) atoms. The van der Waals surface area contributed by atoms with Gasteiger partial charge < -0.3 is 4.57 Å². The fraction of sp³-hybridized carbons (Fsp3) is 0.0571. The second-order valence-corrected chi connectivity index (χ2v) is 10.0. The second kappa shape index (κ2) is 11.2. The van der Waals surface area contributed by atoms with Crippen molar-refractivity contribution >= 4 is 22.4 Å². The Kier molecular flexibility index (Phi) is 6.76. The average Bonchev–Trinajstić information content (AvgIpc) is 3.61. The largest absolute Gasteiger partial charge is 0.320 e. The van der Waals surface area contributed by atoms with Crippen molar-refractivity contribution < 1.29 is 4.84 Å². The molecule has 0 aliphatic heterocycles. The lowest BCUT2D eigenvalue weighted by molar-refractivity contribution is 0.0603. The number of hydrogen-bond acceptors (Lipinski definition) is 5. The van der Waals surface area contributed by atoms with Crippen LogP contribution in [0.15, 0.2) is 134 Å². The van der Waals surface area contributed by atoms with Gasteiger partial charge in [-0.05, 0) is 22.3 Å². The second-order valence-electron chi connectivity index (χ2n) is 10.0. The number of nitrogens with zero attached hydrogens (tertiary/aromatic N) is 5. The topological polar surface area (TPSA) is 69.3 Å². The van der Waals surface area contributed by atoms with E-state index in [4.69, 9.17) is 19.9 Å². The van der Waals surface area contributed by atoms with E-state index < -0.39 is 0 Å². The van der Waals surface area contributed by atoms with Crippen LogP contribution in [0.3, 0.4) is 0 Å². The molecular weight excluding hydrogens is 520 g/mol. The lowest BCUT2D eigenvalue weighted by atomic mass is 9.99. The van der Waals surface area contributed by atoms with Crippen LogP contribution in [0.2, 0.25) is 0 Å². The van der Waals surface area contributed by atoms with Gasteiger partial charge in [0.25, 0.3) is 0 Å². The van der Waals surface area contributed by atoms with Gasteiger partial charge in [0.2, 0.25) is 0 Å². The molecule has 1 N–H and O–H groups in total. The van der Waals surface area contributed by atoms with Crippen LogP contribution in [0.25, 0.3) is 44.8 Å². The smallest absolute Gasteiger partial charge is 0.180 e. The lowest BCUT2D eigenvalue weighted by Crippen LogP contribution is -2.12. The summed E-state index contributed by atoms with van der Waals surface area (Å²) in [5, 5.41) is 5.65. The van der Waals surface area contributed by atoms with Crippen molar-refractivity contribution in [1.82, 2.24) is 29.6 Å². The molecule has 0 fully saturated rings. The Balaban J connectivity index is 1.37. The van der Waals surface area contributed by atoms with E-state index in [9.17, 15) is 0 Å². The van der Waals surface area contributed by atoms with E-state index in [0.29, 0.717) is 18.1 Å². The molecule has 7 nitrogen and oxygen atoms in total. The summed E-state index contributed by atoms with van der Waals surface area (Å²) in [5.74, 6) is 0.536. The van der Waals surface area contributed by atoms with Gasteiger partial charge in [-0.25, -0.2) is 14.5 Å². The summed E-state index contributed by atoms with van der Waals surface area (Å²) >= 11 is 0. The highest BCUT2D eigenvalue weighted by atomic mass is 16.6. The van der Waals surface area contributed by atoms with Crippen LogP contribution >= 0.6 is 0 Å². The maximum absolute atomic E-state index is 5.76. The van der Waals surface area contributed by atoms with E-state index in [1.165, 1.54) is 5.56 Å². The molecule has 0 saturated carbocycles. The summed E-state index contributed by atoms with van der Waals surface area (Å²) in [7, 11) is 0. The van der Waals surface area contributed by atoms with Crippen LogP contribution in [-0.4, -0.2) is 24.1 Å². The summed E-state index contributed by atoms with van der Waals surface area (Å²) in [5.41, 5.74) is 11.7. The highest BCUT2D eigenvalue weighted by Gasteiger charge is 2.25. The van der Waals surface area contributed by atoms with Gasteiger partial charge in [0.1, 0.15) is 18.6 Å². The molecule has 7 aromatic rings. The molecule has 7 rings (SSSR count). The number of nitrogens with one attached hydrogen (secondary N) is 1. The van der Waals surface area contributed by atoms with E-state index >= 15 is 0 Å². The first-order valence-electron chi connectivity index (χ1n) is 13.8. The molecule has 7 heteroatoms. The third-order valence-electron chi connectivity index (χ3n) is 7.24. The Morgan fingerprint density at radius 2 is 1.36 bits per heavy atom. The van der Waals surface area contributed by atoms with Crippen molar-refractivity contribution in [3.8, 4) is 22.4 Å². The summed E-state index contributed by atoms with van der Waals surface area (Å²) in [6.07, 6.45) is 1.73. The molecule has 0 bridgehead atoms. The van der Waals surface area contributed by atoms with Crippen LogP contribution in [0, 0.1) is 0 Å². The number of rotatable bonds is 9. The lowest BCUT2D eigenvalue weighted by Gasteiger charge is -2.13. The molecule has 0 saturated heterocycles. The first kappa shape index (κ1) is 25.4. The van der Waals surface area contributed by atoms with Crippen LogP contribution < -0.4 is 5.48 Å². The zero-order valence-corrected chi connectivity index (χ0v) is 22.9. The molecule has 0 unspecified atom stereocenters. The SMILES string of the molecule is C=C(NOCc1nc2c3c(-c4ccccc4)c(-c4ccccc4)n(Cc4ccccc4)c3ncn2n1)c1ccccc1. The van der Waals surface area contributed by atoms with Crippen LogP contribution in [0.1, 0.15) is 17.0 Å². The van der Waals surface area contributed by atoms with Crippen LogP contribution in [0.5, 0.6) is 0 Å². The minimum atomic E-state index is 0.159. The number of aromatic nitrogens is 5. The molecule has 4 aromatic carbocycles. The molecule has 204 valence electrons. The molecule has 3 aromatic heterocycles. The van der Waals surface area contributed by atoms with Gasteiger partial charge in [-0.2, -0.15) is 0 Å². The Bertz CT molecular complexity index is 1980. The van der Waals surface area contributed by atoms with Crippen molar-refractivity contribution in [2.24, 2.45) is 0 Å². The van der Waals surface area contributed by atoms with Crippen LogP contribution in [0.4, 0.5) is 0 Å². The fourth-order valence-corrected chi connectivity index (χ4v) is 5.33. The highest BCUT2D eigenvalue weighted by molar-refractivity contribution is 6.09. The molecule has 0 radical (unpaired) electrons. The third-order valence-corrected chi connectivity index (χ3v) is 7.24. The van der Waals surface area contributed by atoms with Crippen LogP contribution in [-0.2, 0) is 18.0 Å². The molecule has 0 aliphatic rings. The monoisotopic (exact) mass is 548 g/mol. The minimum absolute atomic E-state index is 0.159. The van der Waals surface area contributed by atoms with Crippen molar-refractivity contribution in [2.75, 3.05) is 0 Å². The van der Waals surface area contributed by atoms with Gasteiger partial charge in [0, 0.05) is 12.1 Å². The van der Waals surface area contributed by atoms with E-state index in [1.54, 1.807) is 10.8 Å². The number of fused-ring (bicyclic) bond motifs is 3. The first-order valence-corrected chi connectivity index (χ1v) is 13.8. The van der Waals surface area contributed by atoms with Gasteiger partial charge in [-0.15, -0.1) is 5.10 Å². The Morgan fingerprint density at radius 1 is 0.738 bits per heavy atom. The molecule has 0 aliphatic carbocycles. The molecule has 3 heterocycles. The Morgan fingerprint density at radius 3 is 2.05 bits per heavy atom. The molecule has 0 spiro atoms. The van der Waals surface area contributed by atoms with Gasteiger partial charge in [0.15, 0.2) is 11.5 Å². The normalized spacial score (nSPS) is 11.2. The summed E-state index contributed by atoms with van der Waals surface area (Å²) in [4.78, 5) is 15.7. The predicted molar refractivity (Wildman–Crippen MR) is 166 cm³/mol. The number of hydrogen-bond donors (Lipinski definition) is 1. The van der Waals surface area contributed by atoms with E-state index in [1.807, 2.05) is 48.5 Å². The fourth-order valence-electron chi connectivity index (χ4n) is 5.33. The quantitative estimate of drug-likeness (QED) is 0.194. The Labute approximate surface area is 243 Å². The zero-order chi connectivity index (χ0) is 28.3. The maximum Gasteiger partial charge on any atom is 0.180 e. The molecule has 0 atom stereocenters. The predicted octanol–water partition coefficient (Wildman–Crippen LogP) is 7.15. The van der Waals surface area contributed by atoms with Crippen molar-refractivity contribution in [1.29, 1.82) is 0 Å². The summed E-state index contributed by atoms with van der Waals surface area (Å²) in [6, 6.07) is 41.2. The van der Waals surface area contributed by atoms with Crippen molar-refractivity contribution in [2.45, 2.75) is 13.2 Å². The summed E-state index contributed by atoms with van der Waals surface area (Å²) in [6.45, 7) is 4.88. The van der Waals surface area contributed by atoms with Gasteiger partial charge in [-0.1, -0.05) is 128 Å². The Hall–Kier alpha value is -5.53. The number of hydroxylamine groups is 1. The highest BCUT2D eigenvalue weighted by Crippen LogP contribution is 2.42. The van der Waals surface area contributed by atoms with Crippen molar-refractivity contribution in [3.05, 3.63) is 151 Å². The van der Waals surface area contributed by atoms with E-state index in [-0.39, 0.29) is 6.61 Å². The third kappa shape index (κ3) is 4.82. The van der Waals surface area contributed by atoms with Gasteiger partial charge >= 0.3 is 0 Å². The maximum atomic E-state index is 5.76. The molecule has 0 amide bonds.